The van der Waals surface area contributed by atoms with E-state index in [4.69, 9.17) is 9.97 Å². The molecule has 5 aromatic rings. The summed E-state index contributed by atoms with van der Waals surface area (Å²) >= 11 is 0. The van der Waals surface area contributed by atoms with Gasteiger partial charge in [0.15, 0.2) is 0 Å². The number of fused-ring (bicyclic) bond motifs is 2. The van der Waals surface area contributed by atoms with Crippen LogP contribution < -0.4 is 0 Å². The topological polar surface area (TPSA) is 48.5 Å². The largest absolute Gasteiger partial charge is 0.327 e. The monoisotopic (exact) mass is 339 g/mol. The molecular weight excluding hydrogens is 322 g/mol. The van der Waals surface area contributed by atoms with Gasteiger partial charge in [-0.3, -0.25) is 4.98 Å². The molecular formula is C21H17N5. The number of hydrogen-bond donors (Lipinski definition) is 0. The zero-order valence-electron chi connectivity index (χ0n) is 14.6. The van der Waals surface area contributed by atoms with Crippen molar-refractivity contribution in [3.8, 4) is 22.8 Å². The molecule has 0 saturated heterocycles. The molecule has 5 nitrogen and oxygen atoms in total. The van der Waals surface area contributed by atoms with Crippen molar-refractivity contribution < 1.29 is 0 Å². The first kappa shape index (κ1) is 14.8. The second-order valence-electron chi connectivity index (χ2n) is 6.43. The minimum atomic E-state index is 0.902. The molecule has 0 amide bonds. The van der Waals surface area contributed by atoms with Gasteiger partial charge >= 0.3 is 0 Å². The van der Waals surface area contributed by atoms with Gasteiger partial charge in [-0.1, -0.05) is 24.3 Å². The summed E-state index contributed by atoms with van der Waals surface area (Å²) < 4.78 is 4.20. The molecule has 0 N–H and O–H groups in total. The van der Waals surface area contributed by atoms with Gasteiger partial charge in [0.05, 0.1) is 22.1 Å². The standard InChI is InChI=1S/C21H17N5/c1-25-18-9-5-3-7-16(18)23-20(25)14-11-15(13-22-12-14)21-24-17-8-4-6-10-19(17)26(21)2/h3-13H,1-2H3. The Hall–Kier alpha value is -3.47. The van der Waals surface area contributed by atoms with Crippen LogP contribution in [0.15, 0.2) is 67.0 Å². The average molecular weight is 339 g/mol. The van der Waals surface area contributed by atoms with Gasteiger partial charge in [0.2, 0.25) is 0 Å². The Morgan fingerprint density at radius 2 is 1.12 bits per heavy atom. The van der Waals surface area contributed by atoms with Crippen molar-refractivity contribution in [1.29, 1.82) is 0 Å². The van der Waals surface area contributed by atoms with Crippen molar-refractivity contribution >= 4 is 22.1 Å². The zero-order valence-corrected chi connectivity index (χ0v) is 14.6. The fourth-order valence-electron chi connectivity index (χ4n) is 3.49. The van der Waals surface area contributed by atoms with Crippen LogP contribution in [-0.2, 0) is 14.1 Å². The molecule has 0 aliphatic heterocycles. The van der Waals surface area contributed by atoms with Crippen LogP contribution in [0.2, 0.25) is 0 Å². The predicted octanol–water partition coefficient (Wildman–Crippen LogP) is 4.19. The second-order valence-corrected chi connectivity index (χ2v) is 6.43. The number of pyridine rings is 1. The van der Waals surface area contributed by atoms with E-state index in [1.54, 1.807) is 0 Å². The molecule has 0 saturated carbocycles. The first-order chi connectivity index (χ1) is 12.7. The zero-order chi connectivity index (χ0) is 17.7. The third-order valence-electron chi connectivity index (χ3n) is 4.83. The van der Waals surface area contributed by atoms with Crippen molar-refractivity contribution in [3.05, 3.63) is 67.0 Å². The summed E-state index contributed by atoms with van der Waals surface area (Å²) in [5, 5.41) is 0. The van der Waals surface area contributed by atoms with Crippen LogP contribution in [0.4, 0.5) is 0 Å². The highest BCUT2D eigenvalue weighted by Crippen LogP contribution is 2.28. The molecule has 0 aliphatic carbocycles. The third-order valence-corrected chi connectivity index (χ3v) is 4.83. The summed E-state index contributed by atoms with van der Waals surface area (Å²) in [5.74, 6) is 1.80. The number of para-hydroxylation sites is 4. The molecule has 5 heteroatoms. The van der Waals surface area contributed by atoms with Gasteiger partial charge in [-0.2, -0.15) is 0 Å². The summed E-state index contributed by atoms with van der Waals surface area (Å²) in [4.78, 5) is 14.0. The summed E-state index contributed by atoms with van der Waals surface area (Å²) in [5.41, 5.74) is 6.14. The Kier molecular flexibility index (Phi) is 3.15. The van der Waals surface area contributed by atoms with E-state index in [9.17, 15) is 0 Å². The molecule has 0 aliphatic rings. The van der Waals surface area contributed by atoms with Crippen molar-refractivity contribution in [2.24, 2.45) is 14.1 Å². The molecule has 2 aromatic carbocycles. The molecule has 3 aromatic heterocycles. The molecule has 0 fully saturated rings. The maximum atomic E-state index is 4.78. The Morgan fingerprint density at radius 1 is 0.654 bits per heavy atom. The smallest absolute Gasteiger partial charge is 0.142 e. The van der Waals surface area contributed by atoms with E-state index < -0.39 is 0 Å². The van der Waals surface area contributed by atoms with Crippen LogP contribution >= 0.6 is 0 Å². The Bertz CT molecular complexity index is 1170. The fourth-order valence-corrected chi connectivity index (χ4v) is 3.49. The summed E-state index contributed by atoms with van der Waals surface area (Å²) in [7, 11) is 4.07. The van der Waals surface area contributed by atoms with Gasteiger partial charge in [0.1, 0.15) is 11.6 Å². The lowest BCUT2D eigenvalue weighted by molar-refractivity contribution is 0.950. The van der Waals surface area contributed by atoms with E-state index in [0.29, 0.717) is 0 Å². The number of hydrogen-bond acceptors (Lipinski definition) is 3. The van der Waals surface area contributed by atoms with E-state index in [0.717, 1.165) is 44.8 Å². The Balaban J connectivity index is 1.69. The van der Waals surface area contributed by atoms with Crippen LogP contribution in [0.5, 0.6) is 0 Å². The first-order valence-corrected chi connectivity index (χ1v) is 8.51. The van der Waals surface area contributed by atoms with Gasteiger partial charge < -0.3 is 9.13 Å². The molecule has 3 heterocycles. The van der Waals surface area contributed by atoms with Gasteiger partial charge in [-0.05, 0) is 30.3 Å². The Labute approximate surface area is 150 Å². The third kappa shape index (κ3) is 2.14. The predicted molar refractivity (Wildman–Crippen MR) is 104 cm³/mol. The fraction of sp³-hybridized carbons (Fsp3) is 0.0952. The molecule has 0 spiro atoms. The molecule has 0 unspecified atom stereocenters. The van der Waals surface area contributed by atoms with Gasteiger partial charge in [0, 0.05) is 37.6 Å². The first-order valence-electron chi connectivity index (χ1n) is 8.51. The number of aromatic nitrogens is 5. The lowest BCUT2D eigenvalue weighted by Gasteiger charge is -2.06. The minimum Gasteiger partial charge on any atom is -0.327 e. The maximum Gasteiger partial charge on any atom is 0.142 e. The number of nitrogens with zero attached hydrogens (tertiary/aromatic N) is 5. The lowest BCUT2D eigenvalue weighted by Crippen LogP contribution is -1.96. The highest BCUT2D eigenvalue weighted by Gasteiger charge is 2.14. The summed E-state index contributed by atoms with van der Waals surface area (Å²) in [6, 6.07) is 18.4. The van der Waals surface area contributed by atoms with Gasteiger partial charge in [-0.15, -0.1) is 0 Å². The van der Waals surface area contributed by atoms with E-state index in [2.05, 4.69) is 32.3 Å². The number of imidazole rings is 2. The van der Waals surface area contributed by atoms with Crippen LogP contribution in [0.1, 0.15) is 0 Å². The quantitative estimate of drug-likeness (QED) is 0.484. The normalized spacial score (nSPS) is 11.5. The van der Waals surface area contributed by atoms with Crippen LogP contribution in [0.25, 0.3) is 44.8 Å². The van der Waals surface area contributed by atoms with Crippen molar-refractivity contribution in [3.63, 3.8) is 0 Å². The SMILES string of the molecule is Cn1c(-c2cncc(-c3nc4ccccc4n3C)c2)nc2ccccc21. The van der Waals surface area contributed by atoms with Crippen molar-refractivity contribution in [2.45, 2.75) is 0 Å². The molecule has 26 heavy (non-hydrogen) atoms. The van der Waals surface area contributed by atoms with E-state index in [1.165, 1.54) is 0 Å². The van der Waals surface area contributed by atoms with E-state index >= 15 is 0 Å². The van der Waals surface area contributed by atoms with E-state index in [-0.39, 0.29) is 0 Å². The summed E-state index contributed by atoms with van der Waals surface area (Å²) in [6.45, 7) is 0. The van der Waals surface area contributed by atoms with Crippen LogP contribution in [0.3, 0.4) is 0 Å². The number of benzene rings is 2. The molecule has 5 rings (SSSR count). The highest BCUT2D eigenvalue weighted by molar-refractivity contribution is 5.83. The second kappa shape index (κ2) is 5.52. The maximum absolute atomic E-state index is 4.78. The molecule has 126 valence electrons. The number of rotatable bonds is 2. The average Bonchev–Trinajstić information content (AvgIpc) is 3.20. The molecule has 0 atom stereocenters. The van der Waals surface area contributed by atoms with E-state index in [1.807, 2.05) is 62.9 Å². The molecule has 0 radical (unpaired) electrons. The van der Waals surface area contributed by atoms with Crippen LogP contribution in [-0.4, -0.2) is 24.1 Å². The van der Waals surface area contributed by atoms with Crippen molar-refractivity contribution in [1.82, 2.24) is 24.1 Å². The minimum absolute atomic E-state index is 0.902. The summed E-state index contributed by atoms with van der Waals surface area (Å²) in [6.07, 6.45) is 3.71. The van der Waals surface area contributed by atoms with Gasteiger partial charge in [0.25, 0.3) is 0 Å². The lowest BCUT2D eigenvalue weighted by atomic mass is 10.2. The molecule has 0 bridgehead atoms. The highest BCUT2D eigenvalue weighted by atomic mass is 15.1. The number of aryl methyl sites for hydroxylation is 2. The van der Waals surface area contributed by atoms with Gasteiger partial charge in [-0.25, -0.2) is 9.97 Å². The van der Waals surface area contributed by atoms with Crippen LogP contribution in [0, 0.1) is 0 Å². The van der Waals surface area contributed by atoms with Crippen molar-refractivity contribution in [2.75, 3.05) is 0 Å². The Morgan fingerprint density at radius 3 is 1.58 bits per heavy atom.